The highest BCUT2D eigenvalue weighted by Crippen LogP contribution is 2.30. The van der Waals surface area contributed by atoms with Gasteiger partial charge in [-0.15, -0.1) is 0 Å². The summed E-state index contributed by atoms with van der Waals surface area (Å²) in [5, 5.41) is 2.84. The SMILES string of the molecule is CC(C)(N)CNC(=O)c1ccccc1OCC1CC1. The van der Waals surface area contributed by atoms with Gasteiger partial charge < -0.3 is 15.8 Å². The first-order chi connectivity index (χ1) is 8.96. The Morgan fingerprint density at radius 3 is 2.74 bits per heavy atom. The normalized spacial score (nSPS) is 15.1. The van der Waals surface area contributed by atoms with E-state index in [1.807, 2.05) is 32.0 Å². The molecule has 1 aliphatic rings. The molecule has 1 fully saturated rings. The third kappa shape index (κ3) is 4.56. The van der Waals surface area contributed by atoms with Crippen molar-refractivity contribution in [2.24, 2.45) is 11.7 Å². The minimum absolute atomic E-state index is 0.134. The largest absolute Gasteiger partial charge is 0.492 e. The number of nitrogens with one attached hydrogen (secondary N) is 1. The van der Waals surface area contributed by atoms with Crippen LogP contribution in [0.5, 0.6) is 5.75 Å². The first-order valence-electron chi connectivity index (χ1n) is 6.74. The smallest absolute Gasteiger partial charge is 0.255 e. The summed E-state index contributed by atoms with van der Waals surface area (Å²) in [7, 11) is 0. The predicted octanol–water partition coefficient (Wildman–Crippen LogP) is 1.94. The maximum Gasteiger partial charge on any atom is 0.255 e. The number of benzene rings is 1. The molecule has 0 atom stereocenters. The standard InChI is InChI=1S/C15H22N2O2/c1-15(2,16)10-17-14(18)12-5-3-4-6-13(12)19-9-11-7-8-11/h3-6,11H,7-10,16H2,1-2H3,(H,17,18). The third-order valence-electron chi connectivity index (χ3n) is 3.01. The lowest BCUT2D eigenvalue weighted by molar-refractivity contribution is 0.0941. The van der Waals surface area contributed by atoms with E-state index in [0.29, 0.717) is 30.4 Å². The van der Waals surface area contributed by atoms with E-state index in [2.05, 4.69) is 5.32 Å². The molecule has 0 saturated heterocycles. The summed E-state index contributed by atoms with van der Waals surface area (Å²) >= 11 is 0. The van der Waals surface area contributed by atoms with Gasteiger partial charge in [0, 0.05) is 12.1 Å². The predicted molar refractivity (Wildman–Crippen MR) is 75.3 cm³/mol. The van der Waals surface area contributed by atoms with E-state index in [9.17, 15) is 4.79 Å². The Bertz CT molecular complexity index is 448. The van der Waals surface area contributed by atoms with Gasteiger partial charge in [0.2, 0.25) is 0 Å². The zero-order valence-corrected chi connectivity index (χ0v) is 11.6. The second-order valence-corrected chi connectivity index (χ2v) is 5.92. The van der Waals surface area contributed by atoms with Gasteiger partial charge in [-0.3, -0.25) is 4.79 Å². The fourth-order valence-corrected chi connectivity index (χ4v) is 1.68. The maximum absolute atomic E-state index is 12.1. The van der Waals surface area contributed by atoms with Crippen molar-refractivity contribution in [3.05, 3.63) is 29.8 Å². The quantitative estimate of drug-likeness (QED) is 0.823. The number of ether oxygens (including phenoxy) is 1. The summed E-state index contributed by atoms with van der Waals surface area (Å²) < 4.78 is 5.72. The number of carbonyl (C=O) groups is 1. The molecule has 0 bridgehead atoms. The molecule has 1 amide bonds. The van der Waals surface area contributed by atoms with Crippen LogP contribution in [-0.4, -0.2) is 24.6 Å². The van der Waals surface area contributed by atoms with E-state index in [4.69, 9.17) is 10.5 Å². The van der Waals surface area contributed by atoms with Crippen molar-refractivity contribution in [2.75, 3.05) is 13.2 Å². The van der Waals surface area contributed by atoms with Crippen molar-refractivity contribution in [2.45, 2.75) is 32.2 Å². The second kappa shape index (κ2) is 5.61. The number of hydrogen-bond donors (Lipinski definition) is 2. The molecule has 1 aliphatic carbocycles. The monoisotopic (exact) mass is 262 g/mol. The van der Waals surface area contributed by atoms with Gasteiger partial charge in [-0.2, -0.15) is 0 Å². The summed E-state index contributed by atoms with van der Waals surface area (Å²) in [5.41, 5.74) is 6.02. The Hall–Kier alpha value is -1.55. The van der Waals surface area contributed by atoms with Crippen molar-refractivity contribution < 1.29 is 9.53 Å². The summed E-state index contributed by atoms with van der Waals surface area (Å²) in [4.78, 5) is 12.1. The zero-order valence-electron chi connectivity index (χ0n) is 11.6. The Balaban J connectivity index is 1.98. The van der Waals surface area contributed by atoms with Crippen LogP contribution >= 0.6 is 0 Å². The van der Waals surface area contributed by atoms with Crippen LogP contribution in [0.4, 0.5) is 0 Å². The zero-order chi connectivity index (χ0) is 13.9. The van der Waals surface area contributed by atoms with Crippen LogP contribution in [0.25, 0.3) is 0 Å². The van der Waals surface area contributed by atoms with Crippen LogP contribution in [0, 0.1) is 5.92 Å². The molecule has 0 aromatic heterocycles. The molecular formula is C15H22N2O2. The summed E-state index contributed by atoms with van der Waals surface area (Å²) in [6.45, 7) is 4.89. The molecule has 0 radical (unpaired) electrons. The number of carbonyl (C=O) groups excluding carboxylic acids is 1. The van der Waals surface area contributed by atoms with E-state index in [1.165, 1.54) is 12.8 Å². The maximum atomic E-state index is 12.1. The minimum atomic E-state index is -0.417. The molecule has 104 valence electrons. The van der Waals surface area contributed by atoms with Crippen molar-refractivity contribution in [3.8, 4) is 5.75 Å². The molecule has 1 aromatic carbocycles. The molecule has 1 aromatic rings. The van der Waals surface area contributed by atoms with Crippen molar-refractivity contribution in [1.82, 2.24) is 5.32 Å². The number of rotatable bonds is 6. The van der Waals surface area contributed by atoms with Crippen molar-refractivity contribution in [1.29, 1.82) is 0 Å². The fourth-order valence-electron chi connectivity index (χ4n) is 1.68. The first kappa shape index (κ1) is 13.9. The van der Waals surface area contributed by atoms with Crippen LogP contribution in [-0.2, 0) is 0 Å². The molecule has 1 saturated carbocycles. The van der Waals surface area contributed by atoms with E-state index >= 15 is 0 Å². The van der Waals surface area contributed by atoms with E-state index in [0.717, 1.165) is 0 Å². The topological polar surface area (TPSA) is 64.3 Å². The molecule has 0 unspecified atom stereocenters. The number of hydrogen-bond acceptors (Lipinski definition) is 3. The summed E-state index contributed by atoms with van der Waals surface area (Å²) in [6.07, 6.45) is 2.46. The molecular weight excluding hydrogens is 240 g/mol. The van der Waals surface area contributed by atoms with Gasteiger partial charge in [0.05, 0.1) is 12.2 Å². The molecule has 0 spiro atoms. The van der Waals surface area contributed by atoms with Crippen molar-refractivity contribution in [3.63, 3.8) is 0 Å². The molecule has 4 heteroatoms. The van der Waals surface area contributed by atoms with E-state index in [-0.39, 0.29) is 5.91 Å². The van der Waals surface area contributed by atoms with E-state index < -0.39 is 5.54 Å². The third-order valence-corrected chi connectivity index (χ3v) is 3.01. The van der Waals surface area contributed by atoms with Gasteiger partial charge in [-0.1, -0.05) is 12.1 Å². The van der Waals surface area contributed by atoms with Gasteiger partial charge in [-0.25, -0.2) is 0 Å². The number of nitrogens with two attached hydrogens (primary N) is 1. The Morgan fingerprint density at radius 2 is 2.11 bits per heavy atom. The van der Waals surface area contributed by atoms with Crippen LogP contribution in [0.1, 0.15) is 37.0 Å². The van der Waals surface area contributed by atoms with Gasteiger partial charge in [-0.05, 0) is 44.7 Å². The summed E-state index contributed by atoms with van der Waals surface area (Å²) in [6, 6.07) is 7.34. The van der Waals surface area contributed by atoms with Gasteiger partial charge in [0.1, 0.15) is 5.75 Å². The summed E-state index contributed by atoms with van der Waals surface area (Å²) in [5.74, 6) is 1.19. The number of para-hydroxylation sites is 1. The molecule has 19 heavy (non-hydrogen) atoms. The molecule has 2 rings (SSSR count). The van der Waals surface area contributed by atoms with Crippen molar-refractivity contribution >= 4 is 5.91 Å². The fraction of sp³-hybridized carbons (Fsp3) is 0.533. The Morgan fingerprint density at radius 1 is 1.42 bits per heavy atom. The average molecular weight is 262 g/mol. The average Bonchev–Trinajstić information content (AvgIpc) is 3.17. The van der Waals surface area contributed by atoms with Gasteiger partial charge in [0.15, 0.2) is 0 Å². The first-order valence-corrected chi connectivity index (χ1v) is 6.74. The lowest BCUT2D eigenvalue weighted by Crippen LogP contribution is -2.45. The highest BCUT2D eigenvalue weighted by atomic mass is 16.5. The van der Waals surface area contributed by atoms with Crippen LogP contribution < -0.4 is 15.8 Å². The molecule has 0 aliphatic heterocycles. The lowest BCUT2D eigenvalue weighted by Gasteiger charge is -2.19. The molecule has 0 heterocycles. The second-order valence-electron chi connectivity index (χ2n) is 5.92. The molecule has 4 nitrogen and oxygen atoms in total. The van der Waals surface area contributed by atoms with Crippen LogP contribution in [0.2, 0.25) is 0 Å². The lowest BCUT2D eigenvalue weighted by atomic mass is 10.1. The Kier molecular flexibility index (Phi) is 4.10. The van der Waals surface area contributed by atoms with Gasteiger partial charge in [0.25, 0.3) is 5.91 Å². The Labute approximate surface area is 114 Å². The highest BCUT2D eigenvalue weighted by molar-refractivity contribution is 5.96. The van der Waals surface area contributed by atoms with Crippen LogP contribution in [0.15, 0.2) is 24.3 Å². The van der Waals surface area contributed by atoms with Crippen LogP contribution in [0.3, 0.4) is 0 Å². The van der Waals surface area contributed by atoms with E-state index in [1.54, 1.807) is 6.07 Å². The highest BCUT2D eigenvalue weighted by Gasteiger charge is 2.23. The van der Waals surface area contributed by atoms with Gasteiger partial charge >= 0.3 is 0 Å². The molecule has 3 N–H and O–H groups in total. The number of amides is 1. The minimum Gasteiger partial charge on any atom is -0.492 e.